The lowest BCUT2D eigenvalue weighted by molar-refractivity contribution is 0.304. The van der Waals surface area contributed by atoms with Crippen molar-refractivity contribution >= 4 is 16.5 Å². The molecule has 0 spiro atoms. The van der Waals surface area contributed by atoms with Crippen LogP contribution < -0.4 is 4.90 Å². The zero-order chi connectivity index (χ0) is 11.5. The van der Waals surface area contributed by atoms with Crippen LogP contribution in [0.25, 0.3) is 10.8 Å². The Balaban J connectivity index is 2.49. The van der Waals surface area contributed by atoms with Gasteiger partial charge in [-0.25, -0.2) is 0 Å². The van der Waals surface area contributed by atoms with Crippen LogP contribution in [0.1, 0.15) is 5.56 Å². The number of aryl methyl sites for hydroxylation is 1. The lowest BCUT2D eigenvalue weighted by atomic mass is 10.1. The van der Waals surface area contributed by atoms with Crippen molar-refractivity contribution < 1.29 is 5.11 Å². The van der Waals surface area contributed by atoms with E-state index >= 15 is 0 Å². The molecule has 2 aromatic carbocycles. The van der Waals surface area contributed by atoms with Gasteiger partial charge in [-0.3, -0.25) is 0 Å². The van der Waals surface area contributed by atoms with E-state index < -0.39 is 0 Å². The number of hydrogen-bond donors (Lipinski definition) is 1. The molecule has 2 aromatic rings. The summed E-state index contributed by atoms with van der Waals surface area (Å²) in [4.78, 5) is 2.09. The third kappa shape index (κ3) is 2.02. The molecular formula is C14H17NO. The maximum absolute atomic E-state index is 8.96. The number of fused-ring (bicyclic) bond motifs is 1. The fourth-order valence-electron chi connectivity index (χ4n) is 2.02. The van der Waals surface area contributed by atoms with E-state index in [1.807, 2.05) is 13.1 Å². The van der Waals surface area contributed by atoms with Crippen molar-refractivity contribution in [1.82, 2.24) is 0 Å². The average molecular weight is 215 g/mol. The molecule has 0 aliphatic carbocycles. The molecule has 1 N–H and O–H groups in total. The fourth-order valence-corrected chi connectivity index (χ4v) is 2.02. The SMILES string of the molecule is Cc1cc2ccccc2cc1N(C)CCO. The molecule has 2 heteroatoms. The number of anilines is 1. The van der Waals surface area contributed by atoms with E-state index in [4.69, 9.17) is 5.11 Å². The fraction of sp³-hybridized carbons (Fsp3) is 0.286. The summed E-state index contributed by atoms with van der Waals surface area (Å²) in [6.45, 7) is 2.96. The first-order valence-corrected chi connectivity index (χ1v) is 5.54. The van der Waals surface area contributed by atoms with E-state index in [1.165, 1.54) is 22.0 Å². The van der Waals surface area contributed by atoms with Crippen LogP contribution in [0.15, 0.2) is 36.4 Å². The van der Waals surface area contributed by atoms with Crippen LogP contribution in [-0.2, 0) is 0 Å². The molecule has 0 saturated heterocycles. The molecular weight excluding hydrogens is 198 g/mol. The number of likely N-dealkylation sites (N-methyl/N-ethyl adjacent to an activating group) is 1. The van der Waals surface area contributed by atoms with Crippen molar-refractivity contribution in [3.8, 4) is 0 Å². The third-order valence-electron chi connectivity index (χ3n) is 2.91. The highest BCUT2D eigenvalue weighted by molar-refractivity contribution is 5.87. The van der Waals surface area contributed by atoms with Gasteiger partial charge in [-0.2, -0.15) is 0 Å². The Labute approximate surface area is 96.1 Å². The van der Waals surface area contributed by atoms with Gasteiger partial charge >= 0.3 is 0 Å². The minimum absolute atomic E-state index is 0.183. The standard InChI is InChI=1S/C14H17NO/c1-11-9-12-5-3-4-6-13(12)10-14(11)15(2)7-8-16/h3-6,9-10,16H,7-8H2,1-2H3. The van der Waals surface area contributed by atoms with E-state index in [2.05, 4.69) is 42.2 Å². The summed E-state index contributed by atoms with van der Waals surface area (Å²) in [5, 5.41) is 11.5. The summed E-state index contributed by atoms with van der Waals surface area (Å²) in [6.07, 6.45) is 0. The van der Waals surface area contributed by atoms with Gasteiger partial charge in [0.1, 0.15) is 0 Å². The topological polar surface area (TPSA) is 23.5 Å². The predicted octanol–water partition coefficient (Wildman–Crippen LogP) is 2.58. The molecule has 0 heterocycles. The number of hydrogen-bond acceptors (Lipinski definition) is 2. The Hall–Kier alpha value is -1.54. The van der Waals surface area contributed by atoms with Crippen LogP contribution in [0.3, 0.4) is 0 Å². The van der Waals surface area contributed by atoms with Crippen molar-refractivity contribution in [2.24, 2.45) is 0 Å². The van der Waals surface area contributed by atoms with Gasteiger partial charge in [-0.1, -0.05) is 24.3 Å². The molecule has 0 fully saturated rings. The Bertz CT molecular complexity index is 493. The molecule has 84 valence electrons. The molecule has 16 heavy (non-hydrogen) atoms. The number of benzene rings is 2. The average Bonchev–Trinajstić information content (AvgIpc) is 2.28. The summed E-state index contributed by atoms with van der Waals surface area (Å²) >= 11 is 0. The lowest BCUT2D eigenvalue weighted by Gasteiger charge is -2.21. The second kappa shape index (κ2) is 4.54. The highest BCUT2D eigenvalue weighted by Gasteiger charge is 2.05. The van der Waals surface area contributed by atoms with Crippen molar-refractivity contribution in [2.45, 2.75) is 6.92 Å². The highest BCUT2D eigenvalue weighted by atomic mass is 16.3. The summed E-state index contributed by atoms with van der Waals surface area (Å²) in [6, 6.07) is 12.7. The van der Waals surface area contributed by atoms with E-state index in [9.17, 15) is 0 Å². The van der Waals surface area contributed by atoms with Crippen LogP contribution in [0, 0.1) is 6.92 Å². The van der Waals surface area contributed by atoms with Gasteiger partial charge in [0.05, 0.1) is 6.61 Å². The number of nitrogens with zero attached hydrogens (tertiary/aromatic N) is 1. The molecule has 2 rings (SSSR count). The van der Waals surface area contributed by atoms with E-state index in [0.29, 0.717) is 6.54 Å². The van der Waals surface area contributed by atoms with Gasteiger partial charge in [0.25, 0.3) is 0 Å². The van der Waals surface area contributed by atoms with Crippen LogP contribution in [0.5, 0.6) is 0 Å². The Morgan fingerprint density at radius 2 is 1.75 bits per heavy atom. The third-order valence-corrected chi connectivity index (χ3v) is 2.91. The van der Waals surface area contributed by atoms with Gasteiger partial charge in [-0.15, -0.1) is 0 Å². The Kier molecular flexibility index (Phi) is 3.11. The first-order valence-electron chi connectivity index (χ1n) is 5.54. The highest BCUT2D eigenvalue weighted by Crippen LogP contribution is 2.25. The van der Waals surface area contributed by atoms with E-state index in [-0.39, 0.29) is 6.61 Å². The van der Waals surface area contributed by atoms with Crippen molar-refractivity contribution in [3.05, 3.63) is 42.0 Å². The van der Waals surface area contributed by atoms with Gasteiger partial charge in [0, 0.05) is 19.3 Å². The molecule has 0 unspecified atom stereocenters. The van der Waals surface area contributed by atoms with Gasteiger partial charge in [-0.05, 0) is 35.4 Å². The minimum atomic E-state index is 0.183. The van der Waals surface area contributed by atoms with Crippen molar-refractivity contribution in [3.63, 3.8) is 0 Å². The molecule has 0 aliphatic rings. The Morgan fingerprint density at radius 1 is 1.12 bits per heavy atom. The minimum Gasteiger partial charge on any atom is -0.395 e. The summed E-state index contributed by atoms with van der Waals surface area (Å²) in [5.74, 6) is 0. The zero-order valence-electron chi connectivity index (χ0n) is 9.77. The first-order chi connectivity index (χ1) is 7.72. The summed E-state index contributed by atoms with van der Waals surface area (Å²) in [5.41, 5.74) is 2.43. The molecule has 0 bridgehead atoms. The number of aliphatic hydroxyl groups is 1. The van der Waals surface area contributed by atoms with Crippen LogP contribution in [0.2, 0.25) is 0 Å². The summed E-state index contributed by atoms with van der Waals surface area (Å²) < 4.78 is 0. The predicted molar refractivity (Wildman–Crippen MR) is 69.0 cm³/mol. The first kappa shape index (κ1) is 11.0. The number of rotatable bonds is 3. The summed E-state index contributed by atoms with van der Waals surface area (Å²) in [7, 11) is 2.01. The normalized spacial score (nSPS) is 10.7. The van der Waals surface area contributed by atoms with E-state index in [0.717, 1.165) is 0 Å². The maximum atomic E-state index is 8.96. The van der Waals surface area contributed by atoms with Gasteiger partial charge in [0.15, 0.2) is 0 Å². The second-order valence-corrected chi connectivity index (χ2v) is 4.13. The molecule has 0 aliphatic heterocycles. The largest absolute Gasteiger partial charge is 0.395 e. The molecule has 0 saturated carbocycles. The van der Waals surface area contributed by atoms with Gasteiger partial charge in [0.2, 0.25) is 0 Å². The zero-order valence-corrected chi connectivity index (χ0v) is 9.77. The molecule has 0 atom stereocenters. The number of aliphatic hydroxyl groups excluding tert-OH is 1. The maximum Gasteiger partial charge on any atom is 0.0606 e. The van der Waals surface area contributed by atoms with Crippen LogP contribution >= 0.6 is 0 Å². The van der Waals surface area contributed by atoms with Crippen molar-refractivity contribution in [1.29, 1.82) is 0 Å². The lowest BCUT2D eigenvalue weighted by Crippen LogP contribution is -2.21. The smallest absolute Gasteiger partial charge is 0.0606 e. The van der Waals surface area contributed by atoms with E-state index in [1.54, 1.807) is 0 Å². The van der Waals surface area contributed by atoms with Crippen LogP contribution in [-0.4, -0.2) is 25.3 Å². The molecule has 0 radical (unpaired) electrons. The Morgan fingerprint density at radius 3 is 2.38 bits per heavy atom. The molecule has 0 amide bonds. The van der Waals surface area contributed by atoms with Crippen molar-refractivity contribution in [2.75, 3.05) is 25.1 Å². The molecule has 2 nitrogen and oxygen atoms in total. The molecule has 0 aromatic heterocycles. The van der Waals surface area contributed by atoms with Crippen LogP contribution in [0.4, 0.5) is 5.69 Å². The van der Waals surface area contributed by atoms with Gasteiger partial charge < -0.3 is 10.0 Å². The second-order valence-electron chi connectivity index (χ2n) is 4.13. The monoisotopic (exact) mass is 215 g/mol. The quantitative estimate of drug-likeness (QED) is 0.850.